The molecule has 0 amide bonds. The molecule has 0 unspecified atom stereocenters. The molecule has 0 aliphatic rings. The minimum atomic E-state index is 0.576. The molecule has 1 N–H and O–H groups in total. The van der Waals surface area contributed by atoms with E-state index in [1.54, 1.807) is 0 Å². The van der Waals surface area contributed by atoms with Crippen molar-refractivity contribution in [3.05, 3.63) is 22.8 Å². The van der Waals surface area contributed by atoms with E-state index in [0.717, 1.165) is 42.6 Å². The van der Waals surface area contributed by atoms with Gasteiger partial charge in [0.25, 0.3) is 0 Å². The first-order valence-electron chi connectivity index (χ1n) is 7.12. The van der Waals surface area contributed by atoms with Crippen LogP contribution in [-0.4, -0.2) is 50.7 Å². The van der Waals surface area contributed by atoms with E-state index in [9.17, 15) is 0 Å². The SMILES string of the molecule is CNCc1cnc(N(CCN(C)C)CC(C)C)c(Cl)c1. The fourth-order valence-corrected chi connectivity index (χ4v) is 2.36. The van der Waals surface area contributed by atoms with E-state index in [1.165, 1.54) is 0 Å². The van der Waals surface area contributed by atoms with Gasteiger partial charge in [-0.05, 0) is 38.7 Å². The quantitative estimate of drug-likeness (QED) is 0.799. The number of likely N-dealkylation sites (N-methyl/N-ethyl adjacent to an activating group) is 1. The maximum Gasteiger partial charge on any atom is 0.147 e. The van der Waals surface area contributed by atoms with Crippen molar-refractivity contribution in [1.82, 2.24) is 15.2 Å². The number of aromatic nitrogens is 1. The number of anilines is 1. The summed E-state index contributed by atoms with van der Waals surface area (Å²) >= 11 is 6.41. The van der Waals surface area contributed by atoms with Crippen LogP contribution in [0.4, 0.5) is 5.82 Å². The fourth-order valence-electron chi connectivity index (χ4n) is 2.05. The summed E-state index contributed by atoms with van der Waals surface area (Å²) in [5, 5.41) is 3.85. The number of rotatable bonds is 8. The Morgan fingerprint density at radius 2 is 2.00 bits per heavy atom. The van der Waals surface area contributed by atoms with Crippen LogP contribution < -0.4 is 10.2 Å². The molecular formula is C15H27ClN4. The first-order valence-corrected chi connectivity index (χ1v) is 7.50. The highest BCUT2D eigenvalue weighted by atomic mass is 35.5. The molecule has 0 atom stereocenters. The molecule has 0 aliphatic heterocycles. The summed E-state index contributed by atoms with van der Waals surface area (Å²) in [6.07, 6.45) is 1.90. The van der Waals surface area contributed by atoms with Crippen LogP contribution in [0.3, 0.4) is 0 Å². The van der Waals surface area contributed by atoms with Crippen molar-refractivity contribution >= 4 is 17.4 Å². The van der Waals surface area contributed by atoms with E-state index in [-0.39, 0.29) is 0 Å². The van der Waals surface area contributed by atoms with Gasteiger partial charge < -0.3 is 15.1 Å². The molecule has 0 saturated carbocycles. The minimum Gasteiger partial charge on any atom is -0.354 e. The summed E-state index contributed by atoms with van der Waals surface area (Å²) < 4.78 is 0. The molecule has 0 aliphatic carbocycles. The van der Waals surface area contributed by atoms with Crippen molar-refractivity contribution in [2.24, 2.45) is 5.92 Å². The standard InChI is InChI=1S/C15H27ClN4/c1-12(2)11-20(7-6-19(4)5)15-14(16)8-13(9-17-3)10-18-15/h8,10,12,17H,6-7,9,11H2,1-5H3. The van der Waals surface area contributed by atoms with Gasteiger partial charge >= 0.3 is 0 Å². The average molecular weight is 299 g/mol. The highest BCUT2D eigenvalue weighted by molar-refractivity contribution is 6.33. The van der Waals surface area contributed by atoms with Gasteiger partial charge in [-0.15, -0.1) is 0 Å². The topological polar surface area (TPSA) is 31.4 Å². The molecule has 1 aromatic rings. The third-order valence-electron chi connectivity index (χ3n) is 2.96. The molecular weight excluding hydrogens is 272 g/mol. The number of halogens is 1. The Morgan fingerprint density at radius 3 is 2.50 bits per heavy atom. The predicted molar refractivity (Wildman–Crippen MR) is 87.6 cm³/mol. The van der Waals surface area contributed by atoms with Gasteiger partial charge in [-0.25, -0.2) is 4.98 Å². The lowest BCUT2D eigenvalue weighted by Crippen LogP contribution is -2.35. The molecule has 0 spiro atoms. The van der Waals surface area contributed by atoms with Gasteiger partial charge in [-0.3, -0.25) is 0 Å². The molecule has 0 saturated heterocycles. The van der Waals surface area contributed by atoms with E-state index in [1.807, 2.05) is 19.3 Å². The van der Waals surface area contributed by atoms with Crippen LogP contribution in [0.2, 0.25) is 5.02 Å². The number of pyridine rings is 1. The van der Waals surface area contributed by atoms with Gasteiger partial charge in [0.15, 0.2) is 0 Å². The molecule has 1 aromatic heterocycles. The highest BCUT2D eigenvalue weighted by Gasteiger charge is 2.14. The van der Waals surface area contributed by atoms with Crippen molar-refractivity contribution in [1.29, 1.82) is 0 Å². The van der Waals surface area contributed by atoms with Gasteiger partial charge in [0, 0.05) is 32.4 Å². The summed E-state index contributed by atoms with van der Waals surface area (Å²) in [6.45, 7) is 8.10. The lowest BCUT2D eigenvalue weighted by atomic mass is 10.2. The van der Waals surface area contributed by atoms with Crippen LogP contribution in [0, 0.1) is 5.92 Å². The molecule has 0 fully saturated rings. The number of hydrogen-bond acceptors (Lipinski definition) is 4. The zero-order valence-electron chi connectivity index (χ0n) is 13.3. The largest absolute Gasteiger partial charge is 0.354 e. The summed E-state index contributed by atoms with van der Waals surface area (Å²) in [7, 11) is 6.08. The zero-order chi connectivity index (χ0) is 15.1. The van der Waals surface area contributed by atoms with Crippen LogP contribution in [0.15, 0.2) is 12.3 Å². The molecule has 1 rings (SSSR count). The van der Waals surface area contributed by atoms with Crippen molar-refractivity contribution in [3.8, 4) is 0 Å². The van der Waals surface area contributed by atoms with Crippen LogP contribution >= 0.6 is 11.6 Å². The Labute approximate surface area is 128 Å². The maximum absolute atomic E-state index is 6.41. The average Bonchev–Trinajstić information content (AvgIpc) is 2.35. The fraction of sp³-hybridized carbons (Fsp3) is 0.667. The van der Waals surface area contributed by atoms with Gasteiger partial charge in [-0.2, -0.15) is 0 Å². The normalized spacial score (nSPS) is 11.4. The monoisotopic (exact) mass is 298 g/mol. The van der Waals surface area contributed by atoms with Crippen LogP contribution in [0.25, 0.3) is 0 Å². The summed E-state index contributed by atoms with van der Waals surface area (Å²) in [6, 6.07) is 2.00. The Balaban J connectivity index is 2.88. The summed E-state index contributed by atoms with van der Waals surface area (Å²) in [4.78, 5) is 9.01. The van der Waals surface area contributed by atoms with E-state index in [4.69, 9.17) is 11.6 Å². The van der Waals surface area contributed by atoms with Crippen LogP contribution in [-0.2, 0) is 6.54 Å². The first-order chi connectivity index (χ1) is 9.43. The summed E-state index contributed by atoms with van der Waals surface area (Å²) in [5.41, 5.74) is 1.11. The Hall–Kier alpha value is -0.840. The van der Waals surface area contributed by atoms with E-state index in [2.05, 4.69) is 48.0 Å². The third-order valence-corrected chi connectivity index (χ3v) is 3.24. The first kappa shape index (κ1) is 17.2. The minimum absolute atomic E-state index is 0.576. The lowest BCUT2D eigenvalue weighted by Gasteiger charge is -2.28. The highest BCUT2D eigenvalue weighted by Crippen LogP contribution is 2.24. The molecule has 5 heteroatoms. The van der Waals surface area contributed by atoms with Gasteiger partial charge in [0.2, 0.25) is 0 Å². The maximum atomic E-state index is 6.41. The zero-order valence-corrected chi connectivity index (χ0v) is 14.0. The van der Waals surface area contributed by atoms with Crippen molar-refractivity contribution in [2.45, 2.75) is 20.4 Å². The Bertz CT molecular complexity index is 407. The molecule has 0 aromatic carbocycles. The predicted octanol–water partition coefficient (Wildman–Crippen LogP) is 2.48. The molecule has 20 heavy (non-hydrogen) atoms. The van der Waals surface area contributed by atoms with Crippen LogP contribution in [0.5, 0.6) is 0 Å². The van der Waals surface area contributed by atoms with Crippen molar-refractivity contribution < 1.29 is 0 Å². The van der Waals surface area contributed by atoms with Gasteiger partial charge in [-0.1, -0.05) is 25.4 Å². The van der Waals surface area contributed by atoms with Crippen molar-refractivity contribution in [2.75, 3.05) is 45.7 Å². The Kier molecular flexibility index (Phi) is 7.27. The van der Waals surface area contributed by atoms with E-state index >= 15 is 0 Å². The van der Waals surface area contributed by atoms with Gasteiger partial charge in [0.05, 0.1) is 5.02 Å². The van der Waals surface area contributed by atoms with Crippen LogP contribution in [0.1, 0.15) is 19.4 Å². The number of nitrogens with one attached hydrogen (secondary N) is 1. The summed E-state index contributed by atoms with van der Waals surface area (Å²) in [5.74, 6) is 1.47. The third kappa shape index (κ3) is 5.65. The second-order valence-electron chi connectivity index (χ2n) is 5.82. The molecule has 0 bridgehead atoms. The van der Waals surface area contributed by atoms with E-state index < -0.39 is 0 Å². The second kappa shape index (κ2) is 8.45. The van der Waals surface area contributed by atoms with E-state index in [0.29, 0.717) is 5.92 Å². The molecule has 1 heterocycles. The lowest BCUT2D eigenvalue weighted by molar-refractivity contribution is 0.408. The molecule has 0 radical (unpaired) electrons. The second-order valence-corrected chi connectivity index (χ2v) is 6.23. The van der Waals surface area contributed by atoms with Gasteiger partial charge in [0.1, 0.15) is 5.82 Å². The Morgan fingerprint density at radius 1 is 1.30 bits per heavy atom. The molecule has 4 nitrogen and oxygen atoms in total. The van der Waals surface area contributed by atoms with Crippen molar-refractivity contribution in [3.63, 3.8) is 0 Å². The number of hydrogen-bond donors (Lipinski definition) is 1. The number of nitrogens with zero attached hydrogens (tertiary/aromatic N) is 3. The smallest absolute Gasteiger partial charge is 0.147 e. The molecule has 114 valence electrons.